The second-order valence-electron chi connectivity index (χ2n) is 24.3. The van der Waals surface area contributed by atoms with Crippen LogP contribution in [-0.4, -0.2) is 150 Å². The molecule has 406 valence electrons. The minimum atomic E-state index is -1.19. The third-order valence-corrected chi connectivity index (χ3v) is 9.77. The van der Waals surface area contributed by atoms with Gasteiger partial charge in [0, 0.05) is 19.6 Å². The number of amides is 4. The van der Waals surface area contributed by atoms with E-state index in [-0.39, 0.29) is 49.5 Å². The second-order valence-corrected chi connectivity index (χ2v) is 24.3. The summed E-state index contributed by atoms with van der Waals surface area (Å²) in [6.07, 6.45) is -4.49. The summed E-state index contributed by atoms with van der Waals surface area (Å²) in [4.78, 5) is 97.1. The fourth-order valence-corrected chi connectivity index (χ4v) is 7.40. The summed E-state index contributed by atoms with van der Waals surface area (Å²) in [5.41, 5.74) is -5.36. The average molecular weight is 1020 g/mol. The number of nitrogens with zero attached hydrogens (tertiary/aromatic N) is 6. The van der Waals surface area contributed by atoms with Crippen LogP contribution in [0.4, 0.5) is 25.0 Å². The summed E-state index contributed by atoms with van der Waals surface area (Å²) in [7, 11) is 0. The molecule has 2 aromatic rings. The molecule has 2 aliphatic rings. The van der Waals surface area contributed by atoms with Crippen molar-refractivity contribution in [2.45, 2.75) is 227 Å². The van der Waals surface area contributed by atoms with Gasteiger partial charge >= 0.3 is 36.3 Å². The minimum Gasteiger partial charge on any atom is -0.458 e. The summed E-state index contributed by atoms with van der Waals surface area (Å²) >= 11 is 0. The Hall–Kier alpha value is -5.39. The van der Waals surface area contributed by atoms with E-state index in [1.165, 1.54) is 6.33 Å². The molecule has 0 spiro atoms. The molecule has 2 fully saturated rings. The molecular weight excluding hydrogens is 941 g/mol. The molecule has 0 aliphatic carbocycles. The molecule has 0 radical (unpaired) electrons. The number of carbonyl (C=O) groups excluding carboxylic acids is 6. The number of rotatable bonds is 14. The lowest BCUT2D eigenvalue weighted by Crippen LogP contribution is -2.50. The number of carbonyl (C=O) groups is 6. The third-order valence-electron chi connectivity index (χ3n) is 9.77. The van der Waals surface area contributed by atoms with E-state index in [4.69, 9.17) is 42.6 Å². The first kappa shape index (κ1) is 59.2. The zero-order valence-corrected chi connectivity index (χ0v) is 46.0. The smallest absolute Gasteiger partial charge is 0.425 e. The Morgan fingerprint density at radius 1 is 0.611 bits per heavy atom. The summed E-state index contributed by atoms with van der Waals surface area (Å²) in [6.45, 7) is 34.1. The van der Waals surface area contributed by atoms with E-state index in [1.54, 1.807) is 143 Å². The quantitative estimate of drug-likeness (QED) is 0.137. The van der Waals surface area contributed by atoms with Crippen LogP contribution in [0.2, 0.25) is 0 Å². The highest BCUT2D eigenvalue weighted by Gasteiger charge is 2.56. The number of anilines is 1. The number of ether oxygens (including phenoxy) is 9. The summed E-state index contributed by atoms with van der Waals surface area (Å²) < 4.78 is 55.1. The van der Waals surface area contributed by atoms with Crippen molar-refractivity contribution >= 4 is 53.3 Å². The number of imidazole rings is 1. The third kappa shape index (κ3) is 18.3. The van der Waals surface area contributed by atoms with E-state index in [1.807, 2.05) is 4.90 Å². The van der Waals surface area contributed by atoms with Crippen molar-refractivity contribution in [3.63, 3.8) is 0 Å². The van der Waals surface area contributed by atoms with Crippen molar-refractivity contribution in [2.24, 2.45) is 0 Å². The van der Waals surface area contributed by atoms with Gasteiger partial charge in [-0.05, 0) is 151 Å². The lowest BCUT2D eigenvalue weighted by Gasteiger charge is -2.32. The van der Waals surface area contributed by atoms with Crippen LogP contribution in [-0.2, 0) is 52.2 Å². The molecular formula is C49H80N8O15. The molecule has 4 heterocycles. The van der Waals surface area contributed by atoms with Gasteiger partial charge in [-0.15, -0.1) is 0 Å². The minimum absolute atomic E-state index is 0.00446. The van der Waals surface area contributed by atoms with Gasteiger partial charge in [-0.2, -0.15) is 4.90 Å². The van der Waals surface area contributed by atoms with Crippen molar-refractivity contribution < 1.29 is 71.4 Å². The molecule has 0 bridgehead atoms. The lowest BCUT2D eigenvalue weighted by molar-refractivity contribution is -0.198. The number of alkyl carbamates (subject to hydrolysis) is 2. The van der Waals surface area contributed by atoms with Gasteiger partial charge in [0.05, 0.1) is 6.33 Å². The van der Waals surface area contributed by atoms with E-state index >= 15 is 0 Å². The van der Waals surface area contributed by atoms with E-state index in [9.17, 15) is 28.8 Å². The van der Waals surface area contributed by atoms with Crippen molar-refractivity contribution in [3.05, 3.63) is 12.7 Å². The number of hydrogen-bond donors (Lipinski definition) is 2. The molecule has 4 amide bonds. The maximum Gasteiger partial charge on any atom is 0.425 e. The standard InChI is InChI=1S/C49H80N8O15/c1-43(2,3)67-37(58)28(53-39(60)69-45(7,8)9)21-23-55(24-22-29(38(59)68-44(4,5)6)54-40(61)70-46(10,11)12)25-30-32-33(66-49(19,20)65-32)36(64-30)56-27-52-31-34(56)50-26-51-35(31)57(41(62)71-47(13,14)15)42(63)72-48(16,17)18/h26-30,32-33,36H,21-25H2,1-20H3,(H,53,60)(H,54,61)/t28?,29?,30-,32-,33-,36-/m1/s1. The first-order chi connectivity index (χ1) is 32.6. The van der Waals surface area contributed by atoms with E-state index in [2.05, 4.69) is 25.6 Å². The van der Waals surface area contributed by atoms with E-state index in [0.29, 0.717) is 4.90 Å². The predicted octanol–water partition coefficient (Wildman–Crippen LogP) is 7.47. The van der Waals surface area contributed by atoms with Crippen LogP contribution in [0.25, 0.3) is 11.2 Å². The number of nitrogens with one attached hydrogen (secondary N) is 2. The molecule has 72 heavy (non-hydrogen) atoms. The van der Waals surface area contributed by atoms with E-state index in [0.717, 1.165) is 6.33 Å². The molecule has 0 saturated carbocycles. The first-order valence-electron chi connectivity index (χ1n) is 24.2. The van der Waals surface area contributed by atoms with Crippen LogP contribution in [0.5, 0.6) is 0 Å². The molecule has 2 unspecified atom stereocenters. The van der Waals surface area contributed by atoms with Crippen molar-refractivity contribution in [1.29, 1.82) is 0 Å². The maximum absolute atomic E-state index is 13.7. The number of aromatic nitrogens is 4. The SMILES string of the molecule is CC(C)(C)OC(=O)NC(CCN(CCC(NC(=O)OC(C)(C)C)C(=O)OC(C)(C)C)C[C@H]1O[C@@H](n2cnc3c(N(C(=O)OC(C)(C)C)C(=O)OC(C)(C)C)ncnc32)[C@@H]2OC(C)(C)O[C@@H]21)C(=O)OC(C)(C)C. The second kappa shape index (κ2) is 22.0. The Bertz CT molecular complexity index is 2170. The molecule has 2 N–H and O–H groups in total. The molecule has 2 saturated heterocycles. The molecule has 0 aromatic carbocycles. The predicted molar refractivity (Wildman–Crippen MR) is 262 cm³/mol. The average Bonchev–Trinajstić information content (AvgIpc) is 3.81. The van der Waals surface area contributed by atoms with E-state index < -0.39 is 112 Å². The molecule has 6 atom stereocenters. The van der Waals surface area contributed by atoms with Crippen LogP contribution in [0.15, 0.2) is 12.7 Å². The highest BCUT2D eigenvalue weighted by Crippen LogP contribution is 2.44. The highest BCUT2D eigenvalue weighted by atomic mass is 16.8. The van der Waals surface area contributed by atoms with Gasteiger partial charge in [-0.3, -0.25) is 4.57 Å². The Morgan fingerprint density at radius 3 is 1.44 bits per heavy atom. The van der Waals surface area contributed by atoms with Crippen LogP contribution in [0.3, 0.4) is 0 Å². The Balaban J connectivity index is 1.78. The van der Waals surface area contributed by atoms with Crippen LogP contribution < -0.4 is 15.5 Å². The van der Waals surface area contributed by atoms with Crippen LogP contribution in [0.1, 0.15) is 158 Å². The van der Waals surface area contributed by atoms with Crippen molar-refractivity contribution in [2.75, 3.05) is 24.5 Å². The fourth-order valence-electron chi connectivity index (χ4n) is 7.40. The zero-order chi connectivity index (χ0) is 54.7. The van der Waals surface area contributed by atoms with Gasteiger partial charge in [0.15, 0.2) is 29.0 Å². The summed E-state index contributed by atoms with van der Waals surface area (Å²) in [5.74, 6) is -2.73. The van der Waals surface area contributed by atoms with Crippen molar-refractivity contribution in [3.8, 4) is 0 Å². The molecule has 2 aliphatic heterocycles. The monoisotopic (exact) mass is 1020 g/mol. The largest absolute Gasteiger partial charge is 0.458 e. The number of hydrogen-bond acceptors (Lipinski definition) is 19. The molecule has 4 rings (SSSR count). The molecule has 23 nitrogen and oxygen atoms in total. The fraction of sp³-hybridized carbons (Fsp3) is 0.776. The van der Waals surface area contributed by atoms with Crippen molar-refractivity contribution in [1.82, 2.24) is 35.1 Å². The normalized spacial score (nSPS) is 20.2. The Labute approximate surface area is 423 Å². The maximum atomic E-state index is 13.7. The highest BCUT2D eigenvalue weighted by molar-refractivity contribution is 6.12. The topological polar surface area (TPSA) is 260 Å². The van der Waals surface area contributed by atoms with Crippen LogP contribution >= 0.6 is 0 Å². The molecule has 2 aromatic heterocycles. The summed E-state index contributed by atoms with van der Waals surface area (Å²) in [6, 6.07) is -2.38. The van der Waals surface area contributed by atoms with Gasteiger partial charge in [0.25, 0.3) is 0 Å². The number of imide groups is 1. The van der Waals surface area contributed by atoms with Crippen LogP contribution in [0, 0.1) is 0 Å². The molecule has 23 heteroatoms. The summed E-state index contributed by atoms with van der Waals surface area (Å²) in [5, 5.41) is 5.34. The first-order valence-corrected chi connectivity index (χ1v) is 24.2. The van der Waals surface area contributed by atoms with Gasteiger partial charge in [-0.25, -0.2) is 43.7 Å². The number of fused-ring (bicyclic) bond motifs is 2. The lowest BCUT2D eigenvalue weighted by atomic mass is 10.1. The van der Waals surface area contributed by atoms with Gasteiger partial charge in [-0.1, -0.05) is 0 Å². The van der Waals surface area contributed by atoms with Gasteiger partial charge < -0.3 is 58.2 Å². The Kier molecular flexibility index (Phi) is 18.1. The number of esters is 2. The zero-order valence-electron chi connectivity index (χ0n) is 46.0. The Morgan fingerprint density at radius 2 is 1.03 bits per heavy atom. The van der Waals surface area contributed by atoms with Gasteiger partial charge in [0.2, 0.25) is 0 Å². The van der Waals surface area contributed by atoms with Gasteiger partial charge in [0.1, 0.15) is 70.3 Å².